The lowest BCUT2D eigenvalue weighted by molar-refractivity contribution is -0.128. The molecule has 44 heavy (non-hydrogen) atoms. The molecule has 14 heteroatoms. The fourth-order valence-electron chi connectivity index (χ4n) is 3.88. The number of aliphatic hydroxyl groups excluding tert-OH is 1. The van der Waals surface area contributed by atoms with Crippen LogP contribution < -0.4 is 27.0 Å². The molecule has 0 aliphatic rings. The van der Waals surface area contributed by atoms with Gasteiger partial charge in [-0.3, -0.25) is 9.59 Å². The molecule has 0 radical (unpaired) electrons. The number of benzene rings is 1. The number of urea groups is 1. The van der Waals surface area contributed by atoms with Gasteiger partial charge in [0, 0.05) is 32.2 Å². The van der Waals surface area contributed by atoms with E-state index in [4.69, 9.17) is 21.6 Å². The van der Waals surface area contributed by atoms with Gasteiger partial charge in [-0.15, -0.1) is 12.3 Å². The van der Waals surface area contributed by atoms with E-state index in [2.05, 4.69) is 27.2 Å². The summed E-state index contributed by atoms with van der Waals surface area (Å²) < 4.78 is 10.4. The van der Waals surface area contributed by atoms with Crippen molar-refractivity contribution in [1.82, 2.24) is 20.9 Å². The number of hydrogen-bond acceptors (Lipinski definition) is 8. The van der Waals surface area contributed by atoms with Gasteiger partial charge in [0.25, 0.3) is 0 Å². The number of nitrogens with zero attached hydrogens (tertiary/aromatic N) is 1. The van der Waals surface area contributed by atoms with Crippen LogP contribution in [-0.4, -0.2) is 77.9 Å². The molecule has 7 N–H and O–H groups in total. The Hall–Kier alpha value is -4.51. The number of anilines is 1. The van der Waals surface area contributed by atoms with Crippen molar-refractivity contribution in [1.29, 1.82) is 0 Å². The van der Waals surface area contributed by atoms with Crippen molar-refractivity contribution in [2.75, 3.05) is 25.5 Å². The largest absolute Gasteiger partial charge is 0.448 e. The molecule has 0 fully saturated rings. The molecular formula is C30H46N6O8. The number of primary amides is 1. The molecule has 0 bridgehead atoms. The predicted molar refractivity (Wildman–Crippen MR) is 164 cm³/mol. The summed E-state index contributed by atoms with van der Waals surface area (Å²) in [6.45, 7) is 8.55. The van der Waals surface area contributed by atoms with Gasteiger partial charge < -0.3 is 46.5 Å². The Labute approximate surface area is 258 Å². The van der Waals surface area contributed by atoms with E-state index >= 15 is 0 Å². The van der Waals surface area contributed by atoms with Crippen molar-refractivity contribution in [3.8, 4) is 12.3 Å². The SMILES string of the molecule is C#CCCOC(=O)N(C)Cc1cc(NC(=O)[C@H](CCCNC(N)=O)NC(=O)[C@@H](NC(=O)OC(C)(C)C)C(C)C)ccc1CO. The molecule has 1 aromatic rings. The summed E-state index contributed by atoms with van der Waals surface area (Å²) in [5.74, 6) is 0.871. The Bertz CT molecular complexity index is 1190. The predicted octanol–water partition coefficient (Wildman–Crippen LogP) is 2.19. The molecule has 244 valence electrons. The molecule has 0 spiro atoms. The number of rotatable bonds is 15. The van der Waals surface area contributed by atoms with E-state index in [0.29, 0.717) is 23.2 Å². The first-order chi connectivity index (χ1) is 20.6. The summed E-state index contributed by atoms with van der Waals surface area (Å²) >= 11 is 0. The van der Waals surface area contributed by atoms with E-state index in [9.17, 15) is 29.1 Å². The smallest absolute Gasteiger partial charge is 0.409 e. The maximum atomic E-state index is 13.4. The molecule has 0 aromatic heterocycles. The van der Waals surface area contributed by atoms with E-state index in [1.165, 1.54) is 11.9 Å². The third-order valence-corrected chi connectivity index (χ3v) is 6.06. The fraction of sp³-hybridized carbons (Fsp3) is 0.567. The summed E-state index contributed by atoms with van der Waals surface area (Å²) in [6.07, 6.45) is 4.50. The van der Waals surface area contributed by atoms with Gasteiger partial charge in [-0.2, -0.15) is 0 Å². The minimum atomic E-state index is -1.06. The Kier molecular flexibility index (Phi) is 15.5. The zero-order valence-electron chi connectivity index (χ0n) is 26.3. The Morgan fingerprint density at radius 1 is 1.09 bits per heavy atom. The number of ether oxygens (including phenoxy) is 2. The van der Waals surface area contributed by atoms with Gasteiger partial charge >= 0.3 is 18.2 Å². The van der Waals surface area contributed by atoms with E-state index in [1.807, 2.05) is 0 Å². The quantitative estimate of drug-likeness (QED) is 0.127. The average Bonchev–Trinajstić information content (AvgIpc) is 2.92. The van der Waals surface area contributed by atoms with Crippen molar-refractivity contribution in [2.24, 2.45) is 11.7 Å². The molecule has 1 aromatic carbocycles. The molecule has 0 aliphatic heterocycles. The van der Waals surface area contributed by atoms with Crippen LogP contribution in [0.3, 0.4) is 0 Å². The number of amides is 6. The normalized spacial score (nSPS) is 12.2. The van der Waals surface area contributed by atoms with Crippen LogP contribution in [0.2, 0.25) is 0 Å². The van der Waals surface area contributed by atoms with E-state index in [-0.39, 0.29) is 45.1 Å². The minimum absolute atomic E-state index is 0.0651. The van der Waals surface area contributed by atoms with Gasteiger partial charge in [-0.25, -0.2) is 14.4 Å². The number of nitrogens with two attached hydrogens (primary N) is 1. The van der Waals surface area contributed by atoms with Gasteiger partial charge in [0.15, 0.2) is 0 Å². The second kappa shape index (κ2) is 18.2. The number of hydrogen-bond donors (Lipinski definition) is 6. The summed E-state index contributed by atoms with van der Waals surface area (Å²) in [5.41, 5.74) is 5.77. The summed E-state index contributed by atoms with van der Waals surface area (Å²) in [5, 5.41) is 20.3. The van der Waals surface area contributed by atoms with Crippen molar-refractivity contribution in [3.63, 3.8) is 0 Å². The lowest BCUT2D eigenvalue weighted by Crippen LogP contribution is -2.55. The molecule has 2 atom stereocenters. The van der Waals surface area contributed by atoms with Gasteiger partial charge in [-0.05, 0) is 62.8 Å². The van der Waals surface area contributed by atoms with E-state index in [0.717, 1.165) is 0 Å². The highest BCUT2D eigenvalue weighted by Gasteiger charge is 2.30. The second-order valence-corrected chi connectivity index (χ2v) is 11.4. The lowest BCUT2D eigenvalue weighted by atomic mass is 10.0. The highest BCUT2D eigenvalue weighted by atomic mass is 16.6. The Morgan fingerprint density at radius 2 is 1.77 bits per heavy atom. The first-order valence-electron chi connectivity index (χ1n) is 14.3. The van der Waals surface area contributed by atoms with Crippen molar-refractivity contribution in [3.05, 3.63) is 29.3 Å². The molecule has 0 heterocycles. The first-order valence-corrected chi connectivity index (χ1v) is 14.3. The topological polar surface area (TPSA) is 201 Å². The molecule has 0 saturated heterocycles. The van der Waals surface area contributed by atoms with Crippen molar-refractivity contribution >= 4 is 35.7 Å². The molecule has 14 nitrogen and oxygen atoms in total. The van der Waals surface area contributed by atoms with Crippen molar-refractivity contribution in [2.45, 2.75) is 84.7 Å². The number of terminal acetylenes is 1. The highest BCUT2D eigenvalue weighted by Crippen LogP contribution is 2.19. The van der Waals surface area contributed by atoms with Crippen LogP contribution in [0, 0.1) is 18.3 Å². The Balaban J connectivity index is 3.13. The van der Waals surface area contributed by atoms with Crippen molar-refractivity contribution < 1.29 is 38.6 Å². The van der Waals surface area contributed by atoms with Crippen LogP contribution in [0.1, 0.15) is 65.0 Å². The van der Waals surface area contributed by atoms with Gasteiger partial charge in [0.1, 0.15) is 24.3 Å². The van der Waals surface area contributed by atoms with Gasteiger partial charge in [0.2, 0.25) is 11.8 Å². The monoisotopic (exact) mass is 618 g/mol. The molecule has 0 saturated carbocycles. The number of carbonyl (C=O) groups is 5. The second-order valence-electron chi connectivity index (χ2n) is 11.4. The first kappa shape index (κ1) is 37.5. The highest BCUT2D eigenvalue weighted by molar-refractivity contribution is 5.98. The number of alkyl carbamates (subject to hydrolysis) is 1. The van der Waals surface area contributed by atoms with Crippen LogP contribution in [0.5, 0.6) is 0 Å². The molecule has 1 rings (SSSR count). The van der Waals surface area contributed by atoms with E-state index < -0.39 is 47.7 Å². The third-order valence-electron chi connectivity index (χ3n) is 6.06. The number of carbonyl (C=O) groups excluding carboxylic acids is 5. The maximum absolute atomic E-state index is 13.4. The lowest BCUT2D eigenvalue weighted by Gasteiger charge is -2.27. The van der Waals surface area contributed by atoms with Crippen LogP contribution in [0.25, 0.3) is 0 Å². The number of aliphatic hydroxyl groups is 1. The van der Waals surface area contributed by atoms with E-state index in [1.54, 1.807) is 52.8 Å². The van der Waals surface area contributed by atoms with Crippen LogP contribution in [-0.2, 0) is 32.2 Å². The summed E-state index contributed by atoms with van der Waals surface area (Å²) in [7, 11) is 1.52. The zero-order valence-corrected chi connectivity index (χ0v) is 26.3. The minimum Gasteiger partial charge on any atom is -0.448 e. The van der Waals surface area contributed by atoms with Crippen LogP contribution in [0.4, 0.5) is 20.1 Å². The molecule has 0 aliphatic carbocycles. The summed E-state index contributed by atoms with van der Waals surface area (Å²) in [6, 6.07) is 1.99. The molecule has 6 amide bonds. The average molecular weight is 619 g/mol. The third kappa shape index (κ3) is 14.1. The van der Waals surface area contributed by atoms with Gasteiger partial charge in [0.05, 0.1) is 6.61 Å². The zero-order chi connectivity index (χ0) is 33.4. The van der Waals surface area contributed by atoms with Crippen LogP contribution >= 0.6 is 0 Å². The summed E-state index contributed by atoms with van der Waals surface area (Å²) in [4.78, 5) is 63.7. The van der Waals surface area contributed by atoms with Gasteiger partial charge in [-0.1, -0.05) is 19.9 Å². The Morgan fingerprint density at radius 3 is 2.34 bits per heavy atom. The molecule has 0 unspecified atom stereocenters. The fourth-order valence-corrected chi connectivity index (χ4v) is 3.88. The van der Waals surface area contributed by atoms with Crippen LogP contribution in [0.15, 0.2) is 18.2 Å². The standard InChI is InChI=1S/C30H46N6O8/c1-8-9-15-43-29(42)36(7)17-21-16-22(13-12-20(21)18-37)33-25(38)23(11-10-14-32-27(31)40)34-26(39)24(19(2)3)35-28(41)44-30(4,5)6/h1,12-13,16,19,23-24,37H,9-11,14-15,17-18H2,2-7H3,(H,33,38)(H,34,39)(H,35,41)(H3,31,32,40)/t23-,24-/m0/s1. The number of nitrogens with one attached hydrogen (secondary N) is 4. The molecular weight excluding hydrogens is 572 g/mol. The maximum Gasteiger partial charge on any atom is 0.409 e.